The van der Waals surface area contributed by atoms with Gasteiger partial charge in [-0.1, -0.05) is 18.2 Å². The molecule has 2 N–H and O–H groups in total. The van der Waals surface area contributed by atoms with Gasteiger partial charge in [0.1, 0.15) is 0 Å². The second-order valence-corrected chi connectivity index (χ2v) is 5.84. The molecule has 0 radical (unpaired) electrons. The first-order valence-corrected chi connectivity index (χ1v) is 7.87. The molecule has 1 amide bonds. The van der Waals surface area contributed by atoms with Gasteiger partial charge in [0.15, 0.2) is 0 Å². The molecule has 5 heteroatoms. The van der Waals surface area contributed by atoms with Crippen LogP contribution in [0.1, 0.15) is 12.5 Å². The molecule has 1 unspecified atom stereocenters. The maximum absolute atomic E-state index is 12.2. The Morgan fingerprint density at radius 2 is 2.14 bits per heavy atom. The number of aromatic nitrogens is 1. The van der Waals surface area contributed by atoms with E-state index in [-0.39, 0.29) is 5.91 Å². The van der Waals surface area contributed by atoms with E-state index in [4.69, 9.17) is 4.74 Å². The van der Waals surface area contributed by atoms with Crippen LogP contribution in [-0.2, 0) is 16.0 Å². The molecule has 1 fully saturated rings. The predicted octanol–water partition coefficient (Wildman–Crippen LogP) is 1.55. The number of para-hydroxylation sites is 1. The number of hydrogen-bond acceptors (Lipinski definition) is 3. The highest BCUT2D eigenvalue weighted by molar-refractivity contribution is 5.88. The molecule has 3 rings (SSSR count). The molecule has 1 aliphatic rings. The molecule has 0 bridgehead atoms. The second kappa shape index (κ2) is 6.94. The number of benzene rings is 1. The van der Waals surface area contributed by atoms with E-state index in [1.165, 1.54) is 0 Å². The fraction of sp³-hybridized carbons (Fsp3) is 0.471. The molecule has 2 aromatic rings. The number of nitrogens with one attached hydrogen (secondary N) is 2. The highest BCUT2D eigenvalue weighted by atomic mass is 16.5. The molecule has 1 saturated heterocycles. The largest absolute Gasteiger partial charge is 0.379 e. The van der Waals surface area contributed by atoms with Crippen molar-refractivity contribution in [3.63, 3.8) is 0 Å². The standard InChI is InChI=1S/C17H23N3O2/c1-13(20-6-8-22-9-7-20)11-19-17(21)10-14-12-18-16-5-3-2-4-15(14)16/h2-5,12-13,18H,6-11H2,1H3,(H,19,21). The molecule has 1 aromatic heterocycles. The Morgan fingerprint density at radius 3 is 2.95 bits per heavy atom. The van der Waals surface area contributed by atoms with E-state index >= 15 is 0 Å². The van der Waals surface area contributed by atoms with Gasteiger partial charge in [-0.3, -0.25) is 9.69 Å². The first kappa shape index (κ1) is 15.1. The van der Waals surface area contributed by atoms with E-state index in [9.17, 15) is 4.79 Å². The summed E-state index contributed by atoms with van der Waals surface area (Å²) in [6.07, 6.45) is 2.34. The van der Waals surface area contributed by atoms with Crippen LogP contribution < -0.4 is 5.32 Å². The summed E-state index contributed by atoms with van der Waals surface area (Å²) < 4.78 is 5.35. The lowest BCUT2D eigenvalue weighted by Crippen LogP contribution is -2.47. The number of carbonyl (C=O) groups excluding carboxylic acids is 1. The van der Waals surface area contributed by atoms with Crippen LogP contribution in [0.15, 0.2) is 30.5 Å². The van der Waals surface area contributed by atoms with Crippen LogP contribution in [0.25, 0.3) is 10.9 Å². The summed E-state index contributed by atoms with van der Waals surface area (Å²) in [7, 11) is 0. The van der Waals surface area contributed by atoms with E-state index in [0.29, 0.717) is 19.0 Å². The quantitative estimate of drug-likeness (QED) is 0.881. The minimum absolute atomic E-state index is 0.0739. The summed E-state index contributed by atoms with van der Waals surface area (Å²) in [6, 6.07) is 8.41. The van der Waals surface area contributed by atoms with Gasteiger partial charge in [-0.05, 0) is 18.6 Å². The molecule has 2 heterocycles. The molecule has 1 aliphatic heterocycles. The van der Waals surface area contributed by atoms with Crippen molar-refractivity contribution >= 4 is 16.8 Å². The zero-order chi connectivity index (χ0) is 15.4. The Balaban J connectivity index is 1.52. The van der Waals surface area contributed by atoms with Gasteiger partial charge in [0.2, 0.25) is 5.91 Å². The molecular weight excluding hydrogens is 278 g/mol. The number of hydrogen-bond donors (Lipinski definition) is 2. The molecule has 22 heavy (non-hydrogen) atoms. The lowest BCUT2D eigenvalue weighted by molar-refractivity contribution is -0.120. The smallest absolute Gasteiger partial charge is 0.224 e. The molecule has 5 nitrogen and oxygen atoms in total. The summed E-state index contributed by atoms with van der Waals surface area (Å²) >= 11 is 0. The Bertz CT molecular complexity index is 632. The molecule has 0 saturated carbocycles. The minimum Gasteiger partial charge on any atom is -0.379 e. The van der Waals surface area contributed by atoms with Crippen LogP contribution in [0.3, 0.4) is 0 Å². The third-order valence-electron chi connectivity index (χ3n) is 4.29. The van der Waals surface area contributed by atoms with Crippen molar-refractivity contribution in [2.24, 2.45) is 0 Å². The lowest BCUT2D eigenvalue weighted by Gasteiger charge is -2.32. The Hall–Kier alpha value is -1.85. The number of ether oxygens (including phenoxy) is 1. The number of fused-ring (bicyclic) bond motifs is 1. The van der Waals surface area contributed by atoms with Crippen molar-refractivity contribution in [3.05, 3.63) is 36.0 Å². The summed E-state index contributed by atoms with van der Waals surface area (Å²) in [5.41, 5.74) is 2.12. The molecule has 1 atom stereocenters. The number of H-pyrrole nitrogens is 1. The lowest BCUT2D eigenvalue weighted by atomic mass is 10.1. The van der Waals surface area contributed by atoms with Crippen LogP contribution in [0.2, 0.25) is 0 Å². The number of carbonyl (C=O) groups is 1. The summed E-state index contributed by atoms with van der Waals surface area (Å²) in [6.45, 7) is 6.29. The van der Waals surface area contributed by atoms with Crippen molar-refractivity contribution in [2.75, 3.05) is 32.8 Å². The Kier molecular flexibility index (Phi) is 4.75. The minimum atomic E-state index is 0.0739. The SMILES string of the molecule is CC(CNC(=O)Cc1c[nH]c2ccccc12)N1CCOCC1. The van der Waals surface area contributed by atoms with E-state index in [2.05, 4.69) is 22.1 Å². The fourth-order valence-corrected chi connectivity index (χ4v) is 2.92. The normalized spacial score (nSPS) is 17.5. The number of amides is 1. The van der Waals surface area contributed by atoms with Crippen LogP contribution in [0.5, 0.6) is 0 Å². The maximum Gasteiger partial charge on any atom is 0.224 e. The van der Waals surface area contributed by atoms with Gasteiger partial charge in [-0.25, -0.2) is 0 Å². The first-order chi connectivity index (χ1) is 10.7. The highest BCUT2D eigenvalue weighted by Crippen LogP contribution is 2.17. The van der Waals surface area contributed by atoms with E-state index in [0.717, 1.165) is 42.8 Å². The van der Waals surface area contributed by atoms with Gasteiger partial charge in [-0.15, -0.1) is 0 Å². The van der Waals surface area contributed by atoms with Crippen LogP contribution >= 0.6 is 0 Å². The van der Waals surface area contributed by atoms with Crippen molar-refractivity contribution in [2.45, 2.75) is 19.4 Å². The Labute approximate surface area is 130 Å². The van der Waals surface area contributed by atoms with Crippen molar-refractivity contribution in [3.8, 4) is 0 Å². The van der Waals surface area contributed by atoms with Gasteiger partial charge in [-0.2, -0.15) is 0 Å². The molecule has 118 valence electrons. The maximum atomic E-state index is 12.2. The second-order valence-electron chi connectivity index (χ2n) is 5.84. The van der Waals surface area contributed by atoms with E-state index in [1.54, 1.807) is 0 Å². The monoisotopic (exact) mass is 301 g/mol. The van der Waals surface area contributed by atoms with Crippen molar-refractivity contribution in [1.29, 1.82) is 0 Å². The van der Waals surface area contributed by atoms with E-state index in [1.807, 2.05) is 30.5 Å². The molecular formula is C17H23N3O2. The average molecular weight is 301 g/mol. The zero-order valence-electron chi connectivity index (χ0n) is 13.0. The number of rotatable bonds is 5. The van der Waals surface area contributed by atoms with Crippen LogP contribution in [0.4, 0.5) is 0 Å². The topological polar surface area (TPSA) is 57.4 Å². The molecule has 1 aromatic carbocycles. The molecule has 0 spiro atoms. The van der Waals surface area contributed by atoms with Crippen molar-refractivity contribution in [1.82, 2.24) is 15.2 Å². The number of aromatic amines is 1. The summed E-state index contributed by atoms with van der Waals surface area (Å²) in [5.74, 6) is 0.0739. The first-order valence-electron chi connectivity index (χ1n) is 7.87. The third-order valence-corrected chi connectivity index (χ3v) is 4.29. The highest BCUT2D eigenvalue weighted by Gasteiger charge is 2.17. The Morgan fingerprint density at radius 1 is 1.36 bits per heavy atom. The zero-order valence-corrected chi connectivity index (χ0v) is 13.0. The van der Waals surface area contributed by atoms with E-state index < -0.39 is 0 Å². The van der Waals surface area contributed by atoms with Crippen LogP contribution in [-0.4, -0.2) is 54.7 Å². The third kappa shape index (κ3) is 3.48. The van der Waals surface area contributed by atoms with Gasteiger partial charge < -0.3 is 15.0 Å². The van der Waals surface area contributed by atoms with Crippen molar-refractivity contribution < 1.29 is 9.53 Å². The molecule has 0 aliphatic carbocycles. The van der Waals surface area contributed by atoms with Crippen LogP contribution in [0, 0.1) is 0 Å². The predicted molar refractivity (Wildman–Crippen MR) is 86.9 cm³/mol. The number of morpholine rings is 1. The van der Waals surface area contributed by atoms with Gasteiger partial charge >= 0.3 is 0 Å². The van der Waals surface area contributed by atoms with Gasteiger partial charge in [0.05, 0.1) is 19.6 Å². The summed E-state index contributed by atoms with van der Waals surface area (Å²) in [5, 5.41) is 4.17. The number of nitrogens with zero attached hydrogens (tertiary/aromatic N) is 1. The average Bonchev–Trinajstić information content (AvgIpc) is 2.97. The van der Waals surface area contributed by atoms with Gasteiger partial charge in [0, 0.05) is 42.8 Å². The fourth-order valence-electron chi connectivity index (χ4n) is 2.92. The van der Waals surface area contributed by atoms with Gasteiger partial charge in [0.25, 0.3) is 0 Å². The summed E-state index contributed by atoms with van der Waals surface area (Å²) in [4.78, 5) is 17.7.